The third kappa shape index (κ3) is 2.87. The van der Waals surface area contributed by atoms with Crippen molar-refractivity contribution in [3.05, 3.63) is 121 Å². The van der Waals surface area contributed by atoms with Gasteiger partial charge in [-0.25, -0.2) is 0 Å². The summed E-state index contributed by atoms with van der Waals surface area (Å²) in [6, 6.07) is 40.2. The van der Waals surface area contributed by atoms with Gasteiger partial charge in [0.2, 0.25) is 0 Å². The van der Waals surface area contributed by atoms with Gasteiger partial charge in [0.05, 0.1) is 28.4 Å². The molecule has 0 spiro atoms. The largest absolute Gasteiger partial charge is 0.309 e. The van der Waals surface area contributed by atoms with Crippen LogP contribution in [0.1, 0.15) is 5.56 Å². The summed E-state index contributed by atoms with van der Waals surface area (Å²) in [7, 11) is 0. The van der Waals surface area contributed by atoms with E-state index in [1.54, 1.807) is 12.3 Å². The monoisotopic (exact) mass is 445 g/mol. The maximum atomic E-state index is 9.50. The predicted octanol–water partition coefficient (Wildman–Crippen LogP) is 8.02. The van der Waals surface area contributed by atoms with Gasteiger partial charge in [-0.3, -0.25) is 4.98 Å². The maximum Gasteiger partial charge on any atom is 0.0992 e. The summed E-state index contributed by atoms with van der Waals surface area (Å²) in [6.45, 7) is 0. The van der Waals surface area contributed by atoms with Crippen LogP contribution in [0.2, 0.25) is 0 Å². The van der Waals surface area contributed by atoms with E-state index in [0.29, 0.717) is 5.56 Å². The van der Waals surface area contributed by atoms with E-state index in [4.69, 9.17) is 0 Å². The second kappa shape index (κ2) is 7.55. The van der Waals surface area contributed by atoms with Gasteiger partial charge in [-0.1, -0.05) is 72.8 Å². The molecule has 162 valence electrons. The number of rotatable bonds is 2. The number of fused-ring (bicyclic) bond motifs is 7. The minimum Gasteiger partial charge on any atom is -0.309 e. The number of benzene rings is 5. The van der Waals surface area contributed by atoms with Crippen LogP contribution in [0, 0.1) is 11.3 Å². The van der Waals surface area contributed by atoms with Crippen molar-refractivity contribution >= 4 is 43.4 Å². The average Bonchev–Trinajstić information content (AvgIpc) is 3.28. The molecule has 0 N–H and O–H groups in total. The highest BCUT2D eigenvalue weighted by atomic mass is 15.0. The van der Waals surface area contributed by atoms with E-state index in [1.807, 2.05) is 12.1 Å². The second-order valence-corrected chi connectivity index (χ2v) is 8.76. The molecule has 2 aromatic heterocycles. The van der Waals surface area contributed by atoms with E-state index in [9.17, 15) is 5.26 Å². The summed E-state index contributed by atoms with van der Waals surface area (Å²) in [6.07, 6.45) is 1.72. The molecule has 0 saturated carbocycles. The maximum absolute atomic E-state index is 9.50. The molecule has 7 aromatic rings. The van der Waals surface area contributed by atoms with E-state index in [-0.39, 0.29) is 0 Å². The average molecular weight is 446 g/mol. The Hall–Kier alpha value is -4.94. The lowest BCUT2D eigenvalue weighted by molar-refractivity contribution is 1.18. The highest BCUT2D eigenvalue weighted by Gasteiger charge is 2.19. The highest BCUT2D eigenvalue weighted by molar-refractivity contribution is 6.30. The number of nitrogens with zero attached hydrogens (tertiary/aromatic N) is 3. The van der Waals surface area contributed by atoms with Gasteiger partial charge in [0.15, 0.2) is 0 Å². The molecule has 5 aromatic carbocycles. The van der Waals surface area contributed by atoms with Crippen molar-refractivity contribution in [3.63, 3.8) is 0 Å². The molecule has 0 aliphatic heterocycles. The SMILES string of the molecule is N#Cc1ccnc(-c2cc3c(c4ccccc24)c2c4ccccc4ccc2n3-c2ccccc2)c1. The molecule has 3 heteroatoms. The Morgan fingerprint density at radius 2 is 1.34 bits per heavy atom. The van der Waals surface area contributed by atoms with Crippen molar-refractivity contribution in [3.8, 4) is 23.0 Å². The smallest absolute Gasteiger partial charge is 0.0992 e. The van der Waals surface area contributed by atoms with Crippen LogP contribution in [-0.2, 0) is 0 Å². The molecule has 7 rings (SSSR count). The number of nitriles is 1. The first-order valence-electron chi connectivity index (χ1n) is 11.6. The fourth-order valence-electron chi connectivity index (χ4n) is 5.35. The number of aromatic nitrogens is 2. The van der Waals surface area contributed by atoms with Gasteiger partial charge in [0.25, 0.3) is 0 Å². The topological polar surface area (TPSA) is 41.6 Å². The van der Waals surface area contributed by atoms with Gasteiger partial charge in [0, 0.05) is 28.2 Å². The molecule has 0 aliphatic carbocycles. The Morgan fingerprint density at radius 3 is 2.17 bits per heavy atom. The molecule has 35 heavy (non-hydrogen) atoms. The van der Waals surface area contributed by atoms with Crippen LogP contribution in [0.3, 0.4) is 0 Å². The molecule has 0 fully saturated rings. The molecule has 0 unspecified atom stereocenters. The summed E-state index contributed by atoms with van der Waals surface area (Å²) in [5, 5.41) is 16.8. The third-order valence-electron chi connectivity index (χ3n) is 6.84. The Morgan fingerprint density at radius 1 is 0.629 bits per heavy atom. The van der Waals surface area contributed by atoms with E-state index in [2.05, 4.69) is 107 Å². The number of hydrogen-bond acceptors (Lipinski definition) is 2. The van der Waals surface area contributed by atoms with Crippen LogP contribution in [-0.4, -0.2) is 9.55 Å². The Labute approximate surface area is 202 Å². The summed E-state index contributed by atoms with van der Waals surface area (Å²) >= 11 is 0. The quantitative estimate of drug-likeness (QED) is 0.270. The molecular weight excluding hydrogens is 426 g/mol. The fraction of sp³-hybridized carbons (Fsp3) is 0. The molecule has 2 heterocycles. The number of para-hydroxylation sites is 1. The standard InChI is InChI=1S/C32H19N3/c33-20-21-16-17-34-28(18-21)27-19-30-32(26-13-7-6-12-25(26)27)31-24-11-5-4-8-22(24)14-15-29(31)35(30)23-9-2-1-3-10-23/h1-19H. The molecular formula is C32H19N3. The number of hydrogen-bond donors (Lipinski definition) is 0. The summed E-state index contributed by atoms with van der Waals surface area (Å²) in [5.74, 6) is 0. The lowest BCUT2D eigenvalue weighted by atomic mass is 9.95. The van der Waals surface area contributed by atoms with Crippen LogP contribution in [0.4, 0.5) is 0 Å². The third-order valence-corrected chi connectivity index (χ3v) is 6.84. The Kier molecular flexibility index (Phi) is 4.21. The summed E-state index contributed by atoms with van der Waals surface area (Å²) in [4.78, 5) is 4.66. The van der Waals surface area contributed by atoms with Crippen LogP contribution < -0.4 is 0 Å². The molecule has 0 aliphatic rings. The zero-order chi connectivity index (χ0) is 23.4. The van der Waals surface area contributed by atoms with Crippen molar-refractivity contribution in [2.45, 2.75) is 0 Å². The van der Waals surface area contributed by atoms with Gasteiger partial charge < -0.3 is 4.57 Å². The van der Waals surface area contributed by atoms with Gasteiger partial charge in [-0.2, -0.15) is 5.26 Å². The summed E-state index contributed by atoms with van der Waals surface area (Å²) in [5.41, 5.74) is 5.84. The minimum absolute atomic E-state index is 0.605. The van der Waals surface area contributed by atoms with Gasteiger partial charge in [0.1, 0.15) is 0 Å². The van der Waals surface area contributed by atoms with Crippen molar-refractivity contribution in [2.24, 2.45) is 0 Å². The zero-order valence-corrected chi connectivity index (χ0v) is 18.8. The molecule has 0 amide bonds. The van der Waals surface area contributed by atoms with Crippen molar-refractivity contribution in [1.29, 1.82) is 5.26 Å². The van der Waals surface area contributed by atoms with Gasteiger partial charge in [-0.05, 0) is 57.9 Å². The second-order valence-electron chi connectivity index (χ2n) is 8.76. The fourth-order valence-corrected chi connectivity index (χ4v) is 5.35. The van der Waals surface area contributed by atoms with Crippen molar-refractivity contribution < 1.29 is 0 Å². The van der Waals surface area contributed by atoms with Crippen LogP contribution >= 0.6 is 0 Å². The first-order chi connectivity index (χ1) is 17.3. The lowest BCUT2D eigenvalue weighted by Crippen LogP contribution is -1.94. The molecule has 0 radical (unpaired) electrons. The minimum atomic E-state index is 0.605. The zero-order valence-electron chi connectivity index (χ0n) is 18.8. The van der Waals surface area contributed by atoms with Gasteiger partial charge >= 0.3 is 0 Å². The van der Waals surface area contributed by atoms with Crippen LogP contribution in [0.25, 0.3) is 60.3 Å². The van der Waals surface area contributed by atoms with Crippen molar-refractivity contribution in [1.82, 2.24) is 9.55 Å². The van der Waals surface area contributed by atoms with Gasteiger partial charge in [-0.15, -0.1) is 0 Å². The van der Waals surface area contributed by atoms with E-state index in [0.717, 1.165) is 27.8 Å². The Balaban J connectivity index is 1.75. The van der Waals surface area contributed by atoms with Crippen LogP contribution in [0.15, 0.2) is 115 Å². The van der Waals surface area contributed by atoms with Crippen LogP contribution in [0.5, 0.6) is 0 Å². The molecule has 3 nitrogen and oxygen atoms in total. The number of pyridine rings is 1. The lowest BCUT2D eigenvalue weighted by Gasteiger charge is -2.11. The van der Waals surface area contributed by atoms with E-state index in [1.165, 1.54) is 32.4 Å². The Bertz CT molecular complexity index is 1960. The first-order valence-corrected chi connectivity index (χ1v) is 11.6. The van der Waals surface area contributed by atoms with E-state index >= 15 is 0 Å². The van der Waals surface area contributed by atoms with Crippen molar-refractivity contribution in [2.75, 3.05) is 0 Å². The molecule has 0 saturated heterocycles. The summed E-state index contributed by atoms with van der Waals surface area (Å²) < 4.78 is 2.35. The predicted molar refractivity (Wildman–Crippen MR) is 144 cm³/mol. The normalized spacial score (nSPS) is 11.4. The highest BCUT2D eigenvalue weighted by Crippen LogP contribution is 2.43. The molecule has 0 bridgehead atoms. The molecule has 0 atom stereocenters. The van der Waals surface area contributed by atoms with E-state index < -0.39 is 0 Å². The first kappa shape index (κ1) is 19.5.